The highest BCUT2D eigenvalue weighted by Gasteiger charge is 2.37. The quantitative estimate of drug-likeness (QED) is 0.463. The second-order valence-electron chi connectivity index (χ2n) is 11.2. The summed E-state index contributed by atoms with van der Waals surface area (Å²) in [6, 6.07) is 17.0. The van der Waals surface area contributed by atoms with E-state index < -0.39 is 0 Å². The van der Waals surface area contributed by atoms with Crippen LogP contribution in [0, 0.1) is 18.8 Å². The summed E-state index contributed by atoms with van der Waals surface area (Å²) in [5, 5.41) is 9.36. The zero-order valence-electron chi connectivity index (χ0n) is 23.5. The largest absolute Gasteiger partial charge is 0.396 e. The van der Waals surface area contributed by atoms with Crippen LogP contribution in [0.4, 0.5) is 0 Å². The predicted molar refractivity (Wildman–Crippen MR) is 153 cm³/mol. The number of rotatable bonds is 7. The molecule has 2 atom stereocenters. The lowest BCUT2D eigenvalue weighted by Crippen LogP contribution is -2.40. The highest BCUT2D eigenvalue weighted by atomic mass is 16.3. The topological polar surface area (TPSA) is 60.9 Å². The third kappa shape index (κ3) is 5.94. The number of benzene rings is 2. The van der Waals surface area contributed by atoms with Gasteiger partial charge in [-0.2, -0.15) is 0 Å². The van der Waals surface area contributed by atoms with Gasteiger partial charge in [0.2, 0.25) is 5.91 Å². The molecule has 5 nitrogen and oxygen atoms in total. The molecule has 38 heavy (non-hydrogen) atoms. The molecular formula is C33H42N2O3. The summed E-state index contributed by atoms with van der Waals surface area (Å²) >= 11 is 0. The van der Waals surface area contributed by atoms with Crippen molar-refractivity contribution in [2.75, 3.05) is 13.7 Å². The Morgan fingerprint density at radius 3 is 2.55 bits per heavy atom. The van der Waals surface area contributed by atoms with E-state index in [1.807, 2.05) is 7.05 Å². The molecule has 0 aromatic heterocycles. The summed E-state index contributed by atoms with van der Waals surface area (Å²) < 4.78 is 0. The number of nitrogens with zero attached hydrogens (tertiary/aromatic N) is 2. The molecule has 0 saturated heterocycles. The van der Waals surface area contributed by atoms with Crippen molar-refractivity contribution in [1.29, 1.82) is 0 Å². The average molecular weight is 515 g/mol. The molecule has 1 amide bonds. The number of aliphatic hydroxyl groups excluding tert-OH is 1. The molecular weight excluding hydrogens is 472 g/mol. The number of aliphatic hydroxyl groups is 1. The monoisotopic (exact) mass is 514 g/mol. The van der Waals surface area contributed by atoms with Crippen molar-refractivity contribution in [2.45, 2.75) is 72.3 Å². The average Bonchev–Trinajstić information content (AvgIpc) is 3.03. The minimum Gasteiger partial charge on any atom is -0.396 e. The van der Waals surface area contributed by atoms with Crippen LogP contribution < -0.4 is 0 Å². The van der Waals surface area contributed by atoms with Crippen molar-refractivity contribution in [2.24, 2.45) is 11.8 Å². The Morgan fingerprint density at radius 1 is 1.08 bits per heavy atom. The van der Waals surface area contributed by atoms with Crippen LogP contribution >= 0.6 is 0 Å². The summed E-state index contributed by atoms with van der Waals surface area (Å²) in [6.45, 7) is 9.19. The van der Waals surface area contributed by atoms with E-state index in [2.05, 4.69) is 87.2 Å². The lowest BCUT2D eigenvalue weighted by atomic mass is 9.89. The maximum atomic E-state index is 14.1. The number of allylic oxidation sites excluding steroid dienone is 3. The fourth-order valence-corrected chi connectivity index (χ4v) is 5.82. The lowest BCUT2D eigenvalue weighted by molar-refractivity contribution is -0.134. The van der Waals surface area contributed by atoms with Gasteiger partial charge in [0.25, 0.3) is 0 Å². The molecule has 2 aromatic rings. The fraction of sp³-hybridized carbons (Fsp3) is 0.455. The molecule has 0 radical (unpaired) electrons. The van der Waals surface area contributed by atoms with E-state index in [4.69, 9.17) is 0 Å². The van der Waals surface area contributed by atoms with Crippen LogP contribution in [-0.2, 0) is 16.1 Å². The SMILES string of the molecule is Cc1cccc(CN2C(c3cccc(C(C)C)c3)=CCC(C)C3=C2C(=O)CCC(CCCO)C(=O)N3C)c1. The number of ketones is 1. The molecule has 0 bridgehead atoms. The van der Waals surface area contributed by atoms with Gasteiger partial charge in [0.15, 0.2) is 5.78 Å². The third-order valence-electron chi connectivity index (χ3n) is 7.94. The second kappa shape index (κ2) is 12.1. The summed E-state index contributed by atoms with van der Waals surface area (Å²) in [6.07, 6.45) is 4.98. The van der Waals surface area contributed by atoms with Gasteiger partial charge in [0, 0.05) is 44.2 Å². The Hall–Kier alpha value is -3.18. The van der Waals surface area contributed by atoms with Crippen molar-refractivity contribution in [3.63, 3.8) is 0 Å². The molecule has 0 spiro atoms. The maximum Gasteiger partial charge on any atom is 0.229 e. The molecule has 1 N–H and O–H groups in total. The Balaban J connectivity index is 1.88. The van der Waals surface area contributed by atoms with Gasteiger partial charge in [-0.1, -0.05) is 74.9 Å². The van der Waals surface area contributed by atoms with Crippen LogP contribution in [0.2, 0.25) is 0 Å². The molecule has 202 valence electrons. The molecule has 2 heterocycles. The zero-order chi connectivity index (χ0) is 27.4. The number of amides is 1. The number of Topliss-reactive ketones (excluding diaryl/α,β-unsaturated/α-hetero) is 1. The predicted octanol–water partition coefficient (Wildman–Crippen LogP) is 6.42. The molecule has 0 aliphatic carbocycles. The molecule has 0 fully saturated rings. The first-order valence-electron chi connectivity index (χ1n) is 14.0. The summed E-state index contributed by atoms with van der Waals surface area (Å²) in [4.78, 5) is 31.7. The number of hydrogen-bond donors (Lipinski definition) is 1. The van der Waals surface area contributed by atoms with Crippen molar-refractivity contribution in [3.8, 4) is 0 Å². The van der Waals surface area contributed by atoms with Gasteiger partial charge in [0.1, 0.15) is 5.70 Å². The number of aryl methyl sites for hydroxylation is 1. The molecule has 5 heteroatoms. The lowest BCUT2D eigenvalue weighted by Gasteiger charge is -2.36. The van der Waals surface area contributed by atoms with Gasteiger partial charge >= 0.3 is 0 Å². The van der Waals surface area contributed by atoms with E-state index in [1.54, 1.807) is 4.90 Å². The van der Waals surface area contributed by atoms with Gasteiger partial charge < -0.3 is 14.9 Å². The van der Waals surface area contributed by atoms with Crippen LogP contribution in [-0.4, -0.2) is 40.3 Å². The van der Waals surface area contributed by atoms with E-state index in [9.17, 15) is 14.7 Å². The standard InChI is InChI=1S/C33H42N2O3/c1-22(2)27-11-7-12-28(20-27)29-16-14-24(4)31-32(35(29)21-25-10-6-9-23(3)19-25)30(37)17-15-26(13-8-18-36)33(38)34(31)5/h6-7,9-12,16,19-20,22,24,26,36H,8,13-15,17-18,21H2,1-5H3. The normalized spacial score (nSPS) is 20.8. The first-order valence-corrected chi connectivity index (χ1v) is 14.0. The Bertz CT molecular complexity index is 1240. The van der Waals surface area contributed by atoms with E-state index in [0.29, 0.717) is 43.8 Å². The van der Waals surface area contributed by atoms with Crippen LogP contribution in [0.15, 0.2) is 66.0 Å². The van der Waals surface area contributed by atoms with Gasteiger partial charge in [-0.15, -0.1) is 0 Å². The van der Waals surface area contributed by atoms with Gasteiger partial charge in [-0.25, -0.2) is 0 Å². The molecule has 2 aliphatic rings. The second-order valence-corrected chi connectivity index (χ2v) is 11.2. The van der Waals surface area contributed by atoms with Crippen LogP contribution in [0.1, 0.15) is 81.0 Å². The summed E-state index contributed by atoms with van der Waals surface area (Å²) in [5.41, 5.74) is 7.14. The van der Waals surface area contributed by atoms with Crippen LogP contribution in [0.3, 0.4) is 0 Å². The zero-order valence-corrected chi connectivity index (χ0v) is 23.5. The van der Waals surface area contributed by atoms with E-state index in [1.165, 1.54) is 11.1 Å². The Labute approximate surface area is 227 Å². The van der Waals surface area contributed by atoms with Crippen molar-refractivity contribution in [3.05, 3.63) is 88.3 Å². The highest BCUT2D eigenvalue weighted by molar-refractivity contribution is 5.99. The van der Waals surface area contributed by atoms with Gasteiger partial charge in [-0.05, 0) is 61.3 Å². The number of hydrogen-bond acceptors (Lipinski definition) is 4. The number of carbonyl (C=O) groups excluding carboxylic acids is 2. The Morgan fingerprint density at radius 2 is 1.84 bits per heavy atom. The molecule has 4 rings (SSSR count). The van der Waals surface area contributed by atoms with Crippen molar-refractivity contribution >= 4 is 17.4 Å². The van der Waals surface area contributed by atoms with Crippen molar-refractivity contribution in [1.82, 2.24) is 9.80 Å². The Kier molecular flexibility index (Phi) is 8.88. The molecule has 0 saturated carbocycles. The first kappa shape index (κ1) is 27.8. The van der Waals surface area contributed by atoms with E-state index in [-0.39, 0.29) is 30.1 Å². The molecule has 2 aliphatic heterocycles. The van der Waals surface area contributed by atoms with Gasteiger partial charge in [-0.3, -0.25) is 9.59 Å². The summed E-state index contributed by atoms with van der Waals surface area (Å²) in [7, 11) is 1.83. The summed E-state index contributed by atoms with van der Waals surface area (Å²) in [5.74, 6) is 0.279. The van der Waals surface area contributed by atoms with Crippen LogP contribution in [0.25, 0.3) is 5.70 Å². The van der Waals surface area contributed by atoms with Crippen LogP contribution in [0.5, 0.6) is 0 Å². The maximum absolute atomic E-state index is 14.1. The molecule has 2 unspecified atom stereocenters. The van der Waals surface area contributed by atoms with Crippen molar-refractivity contribution < 1.29 is 14.7 Å². The van der Waals surface area contributed by atoms with E-state index >= 15 is 0 Å². The highest BCUT2D eigenvalue weighted by Crippen LogP contribution is 2.39. The first-order chi connectivity index (χ1) is 18.2. The minimum absolute atomic E-state index is 0.00489. The smallest absolute Gasteiger partial charge is 0.229 e. The van der Waals surface area contributed by atoms with E-state index in [0.717, 1.165) is 28.9 Å². The minimum atomic E-state index is -0.249. The number of carbonyl (C=O) groups is 2. The third-order valence-corrected chi connectivity index (χ3v) is 7.94. The fourth-order valence-electron chi connectivity index (χ4n) is 5.82. The van der Waals surface area contributed by atoms with Gasteiger partial charge in [0.05, 0.1) is 5.70 Å². The molecule has 2 aromatic carbocycles.